The number of hydrogen-bond acceptors (Lipinski definition) is 4. The second kappa shape index (κ2) is 5.38. The molecule has 1 aromatic heterocycles. The lowest BCUT2D eigenvalue weighted by atomic mass is 9.94. The average molecular weight is 266 g/mol. The smallest absolute Gasteiger partial charge is 0.144 e. The standard InChI is InChI=1S/C16H18N4/c17-10-13-15(19-11-6-2-1-3-7-11)12-8-4-5-9-14(12)20-16(13)18/h4-5,8-9,11H,1-3,6-7H2,(H3,18,19,20). The maximum Gasteiger partial charge on any atom is 0.144 e. The lowest BCUT2D eigenvalue weighted by molar-refractivity contribution is 0.463. The van der Waals surface area contributed by atoms with Crippen LogP contribution < -0.4 is 11.1 Å². The van der Waals surface area contributed by atoms with E-state index in [4.69, 9.17) is 5.73 Å². The maximum absolute atomic E-state index is 9.38. The van der Waals surface area contributed by atoms with Gasteiger partial charge in [-0.1, -0.05) is 37.5 Å². The molecular formula is C16H18N4. The van der Waals surface area contributed by atoms with Crippen LogP contribution in [0.3, 0.4) is 0 Å². The van der Waals surface area contributed by atoms with Crippen LogP contribution in [0.25, 0.3) is 10.9 Å². The van der Waals surface area contributed by atoms with Crippen molar-refractivity contribution >= 4 is 22.4 Å². The Morgan fingerprint density at radius 2 is 1.95 bits per heavy atom. The van der Waals surface area contributed by atoms with Crippen molar-refractivity contribution in [1.29, 1.82) is 5.26 Å². The van der Waals surface area contributed by atoms with E-state index in [1.54, 1.807) is 0 Å². The van der Waals surface area contributed by atoms with Crippen molar-refractivity contribution < 1.29 is 0 Å². The summed E-state index contributed by atoms with van der Waals surface area (Å²) in [5, 5.41) is 13.9. The molecule has 1 aliphatic carbocycles. The van der Waals surface area contributed by atoms with Crippen LogP contribution in [-0.4, -0.2) is 11.0 Å². The predicted molar refractivity (Wildman–Crippen MR) is 81.4 cm³/mol. The summed E-state index contributed by atoms with van der Waals surface area (Å²) in [6, 6.07) is 10.5. The minimum Gasteiger partial charge on any atom is -0.383 e. The van der Waals surface area contributed by atoms with Gasteiger partial charge in [0.25, 0.3) is 0 Å². The SMILES string of the molecule is N#Cc1c(N)nc2ccccc2c1NC1CCCCC1. The number of anilines is 2. The Kier molecular flexibility index (Phi) is 3.42. The fraction of sp³-hybridized carbons (Fsp3) is 0.375. The van der Waals surface area contributed by atoms with Crippen LogP contribution >= 0.6 is 0 Å². The van der Waals surface area contributed by atoms with Gasteiger partial charge in [-0.05, 0) is 18.9 Å². The molecule has 1 aromatic carbocycles. The van der Waals surface area contributed by atoms with Crippen LogP contribution in [0.2, 0.25) is 0 Å². The molecule has 3 N–H and O–H groups in total. The molecule has 2 aromatic rings. The maximum atomic E-state index is 9.38. The van der Waals surface area contributed by atoms with Crippen molar-refractivity contribution in [2.45, 2.75) is 38.1 Å². The topological polar surface area (TPSA) is 74.7 Å². The summed E-state index contributed by atoms with van der Waals surface area (Å²) < 4.78 is 0. The van der Waals surface area contributed by atoms with E-state index in [9.17, 15) is 5.26 Å². The molecule has 0 aliphatic heterocycles. The number of aromatic nitrogens is 1. The van der Waals surface area contributed by atoms with Crippen LogP contribution in [0.5, 0.6) is 0 Å². The fourth-order valence-electron chi connectivity index (χ4n) is 2.95. The number of rotatable bonds is 2. The van der Waals surface area contributed by atoms with Crippen LogP contribution in [0.15, 0.2) is 24.3 Å². The molecular weight excluding hydrogens is 248 g/mol. The predicted octanol–water partition coefficient (Wildman–Crippen LogP) is 3.43. The first-order valence-electron chi connectivity index (χ1n) is 7.14. The Morgan fingerprint density at radius 3 is 2.70 bits per heavy atom. The molecule has 20 heavy (non-hydrogen) atoms. The molecule has 102 valence electrons. The zero-order chi connectivity index (χ0) is 13.9. The molecule has 1 saturated carbocycles. The van der Waals surface area contributed by atoms with E-state index in [-0.39, 0.29) is 0 Å². The first kappa shape index (κ1) is 12.7. The van der Waals surface area contributed by atoms with Gasteiger partial charge in [-0.2, -0.15) is 5.26 Å². The molecule has 0 unspecified atom stereocenters. The van der Waals surface area contributed by atoms with Gasteiger partial charge in [0.05, 0.1) is 11.2 Å². The minimum atomic E-state index is 0.310. The molecule has 0 radical (unpaired) electrons. The molecule has 1 aliphatic rings. The highest BCUT2D eigenvalue weighted by molar-refractivity contribution is 5.96. The number of nitrogens with one attached hydrogen (secondary N) is 1. The first-order valence-corrected chi connectivity index (χ1v) is 7.14. The summed E-state index contributed by atoms with van der Waals surface area (Å²) >= 11 is 0. The van der Waals surface area contributed by atoms with Crippen LogP contribution in [0.1, 0.15) is 37.7 Å². The minimum absolute atomic E-state index is 0.310. The second-order valence-electron chi connectivity index (χ2n) is 5.36. The Morgan fingerprint density at radius 1 is 1.20 bits per heavy atom. The number of para-hydroxylation sites is 1. The van der Waals surface area contributed by atoms with Gasteiger partial charge in [-0.15, -0.1) is 0 Å². The van der Waals surface area contributed by atoms with Gasteiger partial charge in [-0.25, -0.2) is 4.98 Å². The van der Waals surface area contributed by atoms with Crippen LogP contribution in [-0.2, 0) is 0 Å². The van der Waals surface area contributed by atoms with Gasteiger partial charge in [0.15, 0.2) is 0 Å². The van der Waals surface area contributed by atoms with Crippen LogP contribution in [0, 0.1) is 11.3 Å². The highest BCUT2D eigenvalue weighted by atomic mass is 14.9. The van der Waals surface area contributed by atoms with Gasteiger partial charge < -0.3 is 11.1 Å². The number of nitriles is 1. The average Bonchev–Trinajstić information content (AvgIpc) is 2.48. The Hall–Kier alpha value is -2.28. The summed E-state index contributed by atoms with van der Waals surface area (Å²) in [5.41, 5.74) is 8.08. The van der Waals surface area contributed by atoms with Crippen molar-refractivity contribution in [2.75, 3.05) is 11.1 Å². The number of benzene rings is 1. The van der Waals surface area contributed by atoms with Crippen LogP contribution in [0.4, 0.5) is 11.5 Å². The highest BCUT2D eigenvalue weighted by Crippen LogP contribution is 2.32. The van der Waals surface area contributed by atoms with Gasteiger partial charge >= 0.3 is 0 Å². The fourth-order valence-corrected chi connectivity index (χ4v) is 2.95. The molecule has 1 fully saturated rings. The second-order valence-corrected chi connectivity index (χ2v) is 5.36. The lowest BCUT2D eigenvalue weighted by Gasteiger charge is -2.25. The summed E-state index contributed by atoms with van der Waals surface area (Å²) in [4.78, 5) is 4.32. The molecule has 4 nitrogen and oxygen atoms in total. The molecule has 0 spiro atoms. The lowest BCUT2D eigenvalue weighted by Crippen LogP contribution is -2.23. The quantitative estimate of drug-likeness (QED) is 0.873. The zero-order valence-electron chi connectivity index (χ0n) is 11.4. The van der Waals surface area contributed by atoms with Gasteiger partial charge in [-0.3, -0.25) is 0 Å². The van der Waals surface area contributed by atoms with Gasteiger partial charge in [0.2, 0.25) is 0 Å². The third-order valence-electron chi connectivity index (χ3n) is 3.99. The normalized spacial score (nSPS) is 15.9. The summed E-state index contributed by atoms with van der Waals surface area (Å²) in [6.45, 7) is 0. The Balaban J connectivity index is 2.08. The van der Waals surface area contributed by atoms with E-state index in [1.165, 1.54) is 19.3 Å². The van der Waals surface area contributed by atoms with E-state index in [0.29, 0.717) is 17.4 Å². The number of fused-ring (bicyclic) bond motifs is 1. The number of nitrogens with two attached hydrogens (primary N) is 1. The first-order chi connectivity index (χ1) is 9.79. The van der Waals surface area contributed by atoms with Crippen molar-refractivity contribution in [3.8, 4) is 6.07 Å². The molecule has 0 saturated heterocycles. The molecule has 0 amide bonds. The van der Waals surface area contributed by atoms with E-state index >= 15 is 0 Å². The molecule has 0 atom stereocenters. The third kappa shape index (κ3) is 2.27. The molecule has 4 heteroatoms. The van der Waals surface area contributed by atoms with E-state index in [1.807, 2.05) is 24.3 Å². The summed E-state index contributed by atoms with van der Waals surface area (Å²) in [6.07, 6.45) is 6.11. The Bertz CT molecular complexity index is 666. The number of nitrogen functional groups attached to an aromatic ring is 1. The number of hydrogen-bond donors (Lipinski definition) is 2. The van der Waals surface area contributed by atoms with Gasteiger partial charge in [0.1, 0.15) is 17.5 Å². The van der Waals surface area contributed by atoms with Crippen molar-refractivity contribution in [2.24, 2.45) is 0 Å². The summed E-state index contributed by atoms with van der Waals surface area (Å²) in [7, 11) is 0. The van der Waals surface area contributed by atoms with E-state index in [0.717, 1.165) is 29.4 Å². The molecule has 3 rings (SSSR count). The summed E-state index contributed by atoms with van der Waals surface area (Å²) in [5.74, 6) is 0.310. The zero-order valence-corrected chi connectivity index (χ0v) is 11.4. The molecule has 1 heterocycles. The van der Waals surface area contributed by atoms with Crippen molar-refractivity contribution in [3.63, 3.8) is 0 Å². The number of nitrogens with zero attached hydrogens (tertiary/aromatic N) is 2. The Labute approximate surface area is 118 Å². The largest absolute Gasteiger partial charge is 0.383 e. The van der Waals surface area contributed by atoms with Crippen molar-refractivity contribution in [1.82, 2.24) is 4.98 Å². The van der Waals surface area contributed by atoms with E-state index in [2.05, 4.69) is 16.4 Å². The monoisotopic (exact) mass is 266 g/mol. The number of pyridine rings is 1. The molecule has 0 bridgehead atoms. The van der Waals surface area contributed by atoms with Crippen molar-refractivity contribution in [3.05, 3.63) is 29.8 Å². The van der Waals surface area contributed by atoms with E-state index < -0.39 is 0 Å². The highest BCUT2D eigenvalue weighted by Gasteiger charge is 2.18. The third-order valence-corrected chi connectivity index (χ3v) is 3.99. The van der Waals surface area contributed by atoms with Gasteiger partial charge in [0, 0.05) is 11.4 Å².